The second-order valence-electron chi connectivity index (χ2n) is 3.81. The molecule has 0 amide bonds. The largest absolute Gasteiger partial charge is 0.478 e. The van der Waals surface area contributed by atoms with Gasteiger partial charge in [-0.2, -0.15) is 4.68 Å². The van der Waals surface area contributed by atoms with Gasteiger partial charge in [-0.25, -0.2) is 15.0 Å². The van der Waals surface area contributed by atoms with Crippen LogP contribution in [-0.2, 0) is 0 Å². The molecular weight excluding hydrogens is 238 g/mol. The maximum Gasteiger partial charge on any atom is 0.341 e. The number of benzene rings is 1. The number of aromatic carboxylic acids is 1. The highest BCUT2D eigenvalue weighted by atomic mass is 16.4. The Morgan fingerprint density at radius 3 is 2.50 bits per heavy atom. The van der Waals surface area contributed by atoms with Crippen molar-refractivity contribution < 1.29 is 9.90 Å². The van der Waals surface area contributed by atoms with Gasteiger partial charge in [0.2, 0.25) is 0 Å². The summed E-state index contributed by atoms with van der Waals surface area (Å²) in [5.41, 5.74) is 2.25. The van der Waals surface area contributed by atoms with Crippen LogP contribution in [0.4, 0.5) is 0 Å². The molecule has 0 bridgehead atoms. The number of carboxylic acid groups (broad SMARTS) is 1. The zero-order valence-electron chi connectivity index (χ0n) is 8.95. The first-order valence-corrected chi connectivity index (χ1v) is 5.07. The summed E-state index contributed by atoms with van der Waals surface area (Å²) in [5.74, 6) is -1.01. The highest BCUT2D eigenvalue weighted by Crippen LogP contribution is 2.16. The van der Waals surface area contributed by atoms with Crippen molar-refractivity contribution in [1.82, 2.24) is 9.35 Å². The molecule has 0 aliphatic carbocycles. The van der Waals surface area contributed by atoms with E-state index in [4.69, 9.17) is 5.11 Å². The lowest BCUT2D eigenvalue weighted by Gasteiger charge is -2.04. The molecule has 2 N–H and O–H groups in total. The van der Waals surface area contributed by atoms with Crippen LogP contribution in [0, 0.1) is 0 Å². The second kappa shape index (κ2) is 3.33. The van der Waals surface area contributed by atoms with Crippen LogP contribution in [0.5, 0.6) is 0 Å². The van der Waals surface area contributed by atoms with Gasteiger partial charge in [-0.3, -0.25) is 9.59 Å². The lowest BCUT2D eigenvalue weighted by Crippen LogP contribution is -2.19. The minimum absolute atomic E-state index is 0.180. The SMILES string of the molecule is O=C(O)c1ccc2c(ccn2Nn2c(=O)c2=O)c1. The monoisotopic (exact) mass is 245 g/mol. The predicted molar refractivity (Wildman–Crippen MR) is 63.0 cm³/mol. The Balaban J connectivity index is 2.05. The number of aromatic nitrogens is 2. The number of hydrogen-bond donors (Lipinski definition) is 2. The lowest BCUT2D eigenvalue weighted by atomic mass is 10.1. The van der Waals surface area contributed by atoms with Crippen molar-refractivity contribution in [2.45, 2.75) is 0 Å². The van der Waals surface area contributed by atoms with Crippen LogP contribution in [-0.4, -0.2) is 20.4 Å². The third-order valence-corrected chi connectivity index (χ3v) is 2.68. The summed E-state index contributed by atoms with van der Waals surface area (Å²) in [6.45, 7) is 0. The fourth-order valence-electron chi connectivity index (χ4n) is 1.70. The topological polar surface area (TPSA) is 93.3 Å². The van der Waals surface area contributed by atoms with Crippen molar-refractivity contribution in [2.24, 2.45) is 0 Å². The first kappa shape index (κ1) is 10.3. The molecular formula is C11H7N3O4. The van der Waals surface area contributed by atoms with Gasteiger partial charge in [-0.05, 0) is 24.3 Å². The molecule has 3 aromatic rings. The second-order valence-corrected chi connectivity index (χ2v) is 3.81. The van der Waals surface area contributed by atoms with Gasteiger partial charge in [0.1, 0.15) is 0 Å². The van der Waals surface area contributed by atoms with E-state index in [1.807, 2.05) is 0 Å². The smallest absolute Gasteiger partial charge is 0.341 e. The summed E-state index contributed by atoms with van der Waals surface area (Å²) in [5, 5.41) is 9.55. The van der Waals surface area contributed by atoms with Gasteiger partial charge in [-0.15, -0.1) is 0 Å². The fraction of sp³-hybridized carbons (Fsp3) is 0. The summed E-state index contributed by atoms with van der Waals surface area (Å²) in [7, 11) is 0. The van der Waals surface area contributed by atoms with Crippen LogP contribution < -0.4 is 16.7 Å². The van der Waals surface area contributed by atoms with E-state index >= 15 is 0 Å². The van der Waals surface area contributed by atoms with Crippen LogP contribution in [0.2, 0.25) is 0 Å². The third-order valence-electron chi connectivity index (χ3n) is 2.68. The van der Waals surface area contributed by atoms with Crippen molar-refractivity contribution in [3.8, 4) is 0 Å². The molecule has 0 atom stereocenters. The lowest BCUT2D eigenvalue weighted by molar-refractivity contribution is 0.0697. The normalized spacial score (nSPS) is 11.1. The molecule has 18 heavy (non-hydrogen) atoms. The molecule has 0 spiro atoms. The van der Waals surface area contributed by atoms with Crippen molar-refractivity contribution in [3.05, 3.63) is 56.7 Å². The first-order valence-electron chi connectivity index (χ1n) is 5.07. The summed E-state index contributed by atoms with van der Waals surface area (Å²) >= 11 is 0. The maximum atomic E-state index is 10.8. The molecule has 3 rings (SSSR count). The average molecular weight is 245 g/mol. The Morgan fingerprint density at radius 2 is 1.89 bits per heavy atom. The van der Waals surface area contributed by atoms with Crippen LogP contribution in [0.3, 0.4) is 0 Å². The summed E-state index contributed by atoms with van der Waals surface area (Å²) < 4.78 is 2.34. The van der Waals surface area contributed by atoms with Crippen LogP contribution in [0.25, 0.3) is 10.9 Å². The van der Waals surface area contributed by atoms with Gasteiger partial charge >= 0.3 is 17.1 Å². The Hall–Kier alpha value is -2.83. The molecule has 0 radical (unpaired) electrons. The number of rotatable bonds is 3. The summed E-state index contributed by atoms with van der Waals surface area (Å²) in [6.07, 6.45) is 1.61. The van der Waals surface area contributed by atoms with E-state index in [0.29, 0.717) is 10.9 Å². The van der Waals surface area contributed by atoms with E-state index in [2.05, 4.69) is 5.53 Å². The summed E-state index contributed by atoms with van der Waals surface area (Å²) in [4.78, 5) is 32.5. The summed E-state index contributed by atoms with van der Waals surface area (Å²) in [6, 6.07) is 6.26. The van der Waals surface area contributed by atoms with Gasteiger partial charge in [0.05, 0.1) is 11.1 Å². The van der Waals surface area contributed by atoms with Crippen molar-refractivity contribution >= 4 is 16.9 Å². The molecule has 7 heteroatoms. The van der Waals surface area contributed by atoms with Gasteiger partial charge < -0.3 is 5.11 Å². The Labute approximate surface area is 99.1 Å². The maximum absolute atomic E-state index is 10.8. The molecule has 90 valence electrons. The molecule has 2 heterocycles. The molecule has 0 aliphatic heterocycles. The van der Waals surface area contributed by atoms with E-state index in [-0.39, 0.29) is 5.56 Å². The zero-order valence-corrected chi connectivity index (χ0v) is 8.95. The van der Waals surface area contributed by atoms with Crippen molar-refractivity contribution in [3.63, 3.8) is 0 Å². The van der Waals surface area contributed by atoms with E-state index in [9.17, 15) is 14.4 Å². The van der Waals surface area contributed by atoms with Gasteiger partial charge in [0.15, 0.2) is 0 Å². The Morgan fingerprint density at radius 1 is 1.17 bits per heavy atom. The number of nitrogens with one attached hydrogen (secondary N) is 1. The van der Waals surface area contributed by atoms with E-state index in [1.165, 1.54) is 16.8 Å². The molecule has 7 nitrogen and oxygen atoms in total. The van der Waals surface area contributed by atoms with Gasteiger partial charge in [-0.1, -0.05) is 0 Å². The number of hydrogen-bond acceptors (Lipinski definition) is 4. The molecule has 0 unspecified atom stereocenters. The standard InChI is InChI=1S/C11H7N3O4/c15-9-10(16)14(9)12-13-4-3-6-5-7(11(17)18)1-2-8(6)13/h1-5,12H,(H,17,18). The molecule has 0 saturated carbocycles. The molecule has 0 aliphatic rings. The highest BCUT2D eigenvalue weighted by Gasteiger charge is 2.16. The van der Waals surface area contributed by atoms with E-state index < -0.39 is 17.1 Å². The number of fused-ring (bicyclic) bond motifs is 1. The number of carbonyl (C=O) groups is 1. The fourth-order valence-corrected chi connectivity index (χ4v) is 1.70. The molecule has 2 aromatic heterocycles. The average Bonchev–Trinajstić information content (AvgIpc) is 2.78. The van der Waals surface area contributed by atoms with Crippen LogP contribution >= 0.6 is 0 Å². The van der Waals surface area contributed by atoms with Crippen molar-refractivity contribution in [1.29, 1.82) is 0 Å². The highest BCUT2D eigenvalue weighted by molar-refractivity contribution is 5.93. The molecule has 0 saturated heterocycles. The Kier molecular flexibility index (Phi) is 1.91. The molecule has 0 fully saturated rings. The quantitative estimate of drug-likeness (QED) is 0.620. The number of nitrogens with zero attached hydrogens (tertiary/aromatic N) is 2. The van der Waals surface area contributed by atoms with Gasteiger partial charge in [0.25, 0.3) is 0 Å². The minimum Gasteiger partial charge on any atom is -0.478 e. The first-order chi connectivity index (χ1) is 8.58. The van der Waals surface area contributed by atoms with Crippen molar-refractivity contribution in [2.75, 3.05) is 5.53 Å². The number of carboxylic acids is 1. The zero-order chi connectivity index (χ0) is 12.9. The van der Waals surface area contributed by atoms with Gasteiger partial charge in [0, 0.05) is 11.6 Å². The Bertz CT molecular complexity index is 810. The van der Waals surface area contributed by atoms with E-state index in [1.54, 1.807) is 18.3 Å². The van der Waals surface area contributed by atoms with E-state index in [0.717, 1.165) is 4.68 Å². The third kappa shape index (κ3) is 1.41. The predicted octanol–water partition coefficient (Wildman–Crippen LogP) is -0.256. The van der Waals surface area contributed by atoms with Crippen LogP contribution in [0.1, 0.15) is 10.4 Å². The molecule has 1 aromatic carbocycles. The minimum atomic E-state index is -1.01. The van der Waals surface area contributed by atoms with Crippen LogP contribution in [0.15, 0.2) is 40.1 Å².